The molecule has 0 aromatic carbocycles. The van der Waals surface area contributed by atoms with Crippen molar-refractivity contribution in [2.24, 2.45) is 4.99 Å². The van der Waals surface area contributed by atoms with E-state index < -0.39 is 5.60 Å². The number of nitrogens with zero attached hydrogens (tertiary/aromatic N) is 2. The smallest absolute Gasteiger partial charge is 0.191 e. The molecule has 0 aromatic rings. The predicted molar refractivity (Wildman–Crippen MR) is 112 cm³/mol. The maximum atomic E-state index is 10.3. The van der Waals surface area contributed by atoms with E-state index in [-0.39, 0.29) is 24.0 Å². The summed E-state index contributed by atoms with van der Waals surface area (Å²) in [6, 6.07) is 1.07. The first-order valence-electron chi connectivity index (χ1n) is 8.79. The summed E-state index contributed by atoms with van der Waals surface area (Å²) in [4.78, 5) is 6.99. The highest BCUT2D eigenvalue weighted by atomic mass is 127. The molecule has 0 aromatic heterocycles. The van der Waals surface area contributed by atoms with E-state index in [9.17, 15) is 5.11 Å². The second-order valence-electron chi connectivity index (χ2n) is 6.48. The van der Waals surface area contributed by atoms with Crippen LogP contribution in [0.15, 0.2) is 4.99 Å². The van der Waals surface area contributed by atoms with E-state index in [1.54, 1.807) is 0 Å². The summed E-state index contributed by atoms with van der Waals surface area (Å²) in [6.45, 7) is 18.0. The van der Waals surface area contributed by atoms with Gasteiger partial charge < -0.3 is 15.7 Å². The van der Waals surface area contributed by atoms with Gasteiger partial charge in [-0.3, -0.25) is 9.89 Å². The Morgan fingerprint density at radius 2 is 1.57 bits per heavy atom. The zero-order valence-electron chi connectivity index (χ0n) is 16.1. The lowest BCUT2D eigenvalue weighted by molar-refractivity contribution is 0.0418. The third kappa shape index (κ3) is 10.4. The topological polar surface area (TPSA) is 59.9 Å². The van der Waals surface area contributed by atoms with Crippen LogP contribution >= 0.6 is 24.0 Å². The standard InChI is InChI=1S/C17H38N4O.HI/c1-8-17(22,9-2)13-20-16(18-10-3)19-11-12-21(14(4)5)15(6)7;/h14-15,22H,8-13H2,1-7H3,(H2,18,19,20);1H. The SMILES string of the molecule is CCNC(=NCC(O)(CC)CC)NCCN(C(C)C)C(C)C.I. The van der Waals surface area contributed by atoms with Crippen LogP contribution in [-0.2, 0) is 0 Å². The van der Waals surface area contributed by atoms with Crippen LogP contribution in [0.3, 0.4) is 0 Å². The van der Waals surface area contributed by atoms with Crippen molar-refractivity contribution in [2.75, 3.05) is 26.2 Å². The van der Waals surface area contributed by atoms with E-state index in [4.69, 9.17) is 0 Å². The highest BCUT2D eigenvalue weighted by Crippen LogP contribution is 2.14. The molecule has 0 atom stereocenters. The van der Waals surface area contributed by atoms with Crippen LogP contribution < -0.4 is 10.6 Å². The molecule has 3 N–H and O–H groups in total. The predicted octanol–water partition coefficient (Wildman–Crippen LogP) is 2.83. The number of hydrogen-bond donors (Lipinski definition) is 3. The van der Waals surface area contributed by atoms with Crippen molar-refractivity contribution in [3.05, 3.63) is 0 Å². The summed E-state index contributed by atoms with van der Waals surface area (Å²) in [5.41, 5.74) is -0.690. The van der Waals surface area contributed by atoms with Crippen LogP contribution in [-0.4, -0.2) is 59.8 Å². The molecule has 0 heterocycles. The van der Waals surface area contributed by atoms with E-state index in [1.165, 1.54) is 0 Å². The zero-order valence-corrected chi connectivity index (χ0v) is 18.5. The lowest BCUT2D eigenvalue weighted by Gasteiger charge is -2.30. The largest absolute Gasteiger partial charge is 0.388 e. The van der Waals surface area contributed by atoms with Crippen molar-refractivity contribution in [3.8, 4) is 0 Å². The van der Waals surface area contributed by atoms with Gasteiger partial charge in [0.15, 0.2) is 5.96 Å². The second-order valence-corrected chi connectivity index (χ2v) is 6.48. The molecule has 140 valence electrons. The first-order valence-corrected chi connectivity index (χ1v) is 8.79. The number of aliphatic imine (C=N–C) groups is 1. The van der Waals surface area contributed by atoms with Crippen LogP contribution in [0, 0.1) is 0 Å². The van der Waals surface area contributed by atoms with Gasteiger partial charge in [0.05, 0.1) is 12.1 Å². The van der Waals surface area contributed by atoms with Gasteiger partial charge in [-0.1, -0.05) is 13.8 Å². The Labute approximate surface area is 160 Å². The normalized spacial score (nSPS) is 12.7. The van der Waals surface area contributed by atoms with Gasteiger partial charge in [-0.15, -0.1) is 24.0 Å². The van der Waals surface area contributed by atoms with Crippen molar-refractivity contribution in [2.45, 2.75) is 79.0 Å². The van der Waals surface area contributed by atoms with Crippen molar-refractivity contribution in [1.29, 1.82) is 0 Å². The minimum Gasteiger partial charge on any atom is -0.388 e. The molecule has 0 saturated carbocycles. The van der Waals surface area contributed by atoms with E-state index in [0.717, 1.165) is 38.4 Å². The Morgan fingerprint density at radius 3 is 1.96 bits per heavy atom. The lowest BCUT2D eigenvalue weighted by atomic mass is 9.98. The Morgan fingerprint density at radius 1 is 1.04 bits per heavy atom. The van der Waals surface area contributed by atoms with Crippen LogP contribution in [0.25, 0.3) is 0 Å². The first-order chi connectivity index (χ1) is 10.3. The zero-order chi connectivity index (χ0) is 17.2. The van der Waals surface area contributed by atoms with Crippen molar-refractivity contribution in [3.63, 3.8) is 0 Å². The summed E-state index contributed by atoms with van der Waals surface area (Å²) in [5, 5.41) is 16.9. The summed E-state index contributed by atoms with van der Waals surface area (Å²) in [5.74, 6) is 0.787. The van der Waals surface area contributed by atoms with Gasteiger partial charge in [-0.25, -0.2) is 0 Å². The Hall–Kier alpha value is -0.0800. The van der Waals surface area contributed by atoms with Gasteiger partial charge in [0, 0.05) is 31.7 Å². The number of aliphatic hydroxyl groups is 1. The fraction of sp³-hybridized carbons (Fsp3) is 0.941. The molecule has 0 aliphatic carbocycles. The molecule has 0 bridgehead atoms. The molecule has 23 heavy (non-hydrogen) atoms. The van der Waals surface area contributed by atoms with Crippen LogP contribution in [0.1, 0.15) is 61.3 Å². The number of hydrogen-bond acceptors (Lipinski definition) is 3. The molecule has 0 saturated heterocycles. The highest BCUT2D eigenvalue weighted by Gasteiger charge is 2.21. The molecule has 0 rings (SSSR count). The van der Waals surface area contributed by atoms with E-state index >= 15 is 0 Å². The summed E-state index contributed by atoms with van der Waals surface area (Å²) >= 11 is 0. The van der Waals surface area contributed by atoms with E-state index in [0.29, 0.717) is 18.6 Å². The Balaban J connectivity index is 0. The van der Waals surface area contributed by atoms with Crippen molar-refractivity contribution in [1.82, 2.24) is 15.5 Å². The molecular weight excluding hydrogens is 403 g/mol. The molecule has 0 aliphatic heterocycles. The number of rotatable bonds is 10. The summed E-state index contributed by atoms with van der Waals surface area (Å²) in [7, 11) is 0. The lowest BCUT2D eigenvalue weighted by Crippen LogP contribution is -2.46. The van der Waals surface area contributed by atoms with Crippen molar-refractivity contribution < 1.29 is 5.11 Å². The van der Waals surface area contributed by atoms with Gasteiger partial charge in [-0.2, -0.15) is 0 Å². The van der Waals surface area contributed by atoms with Gasteiger partial charge >= 0.3 is 0 Å². The number of nitrogens with one attached hydrogen (secondary N) is 2. The maximum absolute atomic E-state index is 10.3. The molecule has 0 radical (unpaired) electrons. The molecule has 0 fully saturated rings. The fourth-order valence-electron chi connectivity index (χ4n) is 2.46. The maximum Gasteiger partial charge on any atom is 0.191 e. The minimum absolute atomic E-state index is 0. The van der Waals surface area contributed by atoms with Crippen LogP contribution in [0.5, 0.6) is 0 Å². The van der Waals surface area contributed by atoms with Crippen LogP contribution in [0.4, 0.5) is 0 Å². The van der Waals surface area contributed by atoms with Crippen LogP contribution in [0.2, 0.25) is 0 Å². The molecule has 0 aliphatic rings. The quantitative estimate of drug-likeness (QED) is 0.277. The molecule has 5 nitrogen and oxygen atoms in total. The summed E-state index contributed by atoms with van der Waals surface area (Å²) in [6.07, 6.45) is 1.45. The van der Waals surface area contributed by atoms with Gasteiger partial charge in [-0.05, 0) is 47.5 Å². The number of halogens is 1. The molecule has 0 unspecified atom stereocenters. The van der Waals surface area contributed by atoms with Gasteiger partial charge in [0.2, 0.25) is 0 Å². The Bertz CT molecular complexity index is 310. The molecule has 0 amide bonds. The molecule has 0 spiro atoms. The fourth-order valence-corrected chi connectivity index (χ4v) is 2.46. The summed E-state index contributed by atoms with van der Waals surface area (Å²) < 4.78 is 0. The third-order valence-electron chi connectivity index (χ3n) is 4.18. The minimum atomic E-state index is -0.690. The average Bonchev–Trinajstić information content (AvgIpc) is 2.47. The number of guanidine groups is 1. The average molecular weight is 442 g/mol. The van der Waals surface area contributed by atoms with E-state index in [2.05, 4.69) is 55.1 Å². The molecular formula is C17H39IN4O. The van der Waals surface area contributed by atoms with Gasteiger partial charge in [0.25, 0.3) is 0 Å². The van der Waals surface area contributed by atoms with Gasteiger partial charge in [0.1, 0.15) is 0 Å². The van der Waals surface area contributed by atoms with Crippen molar-refractivity contribution >= 4 is 29.9 Å². The first kappa shape index (κ1) is 25.2. The monoisotopic (exact) mass is 442 g/mol. The Kier molecular flexibility index (Phi) is 14.5. The van der Waals surface area contributed by atoms with E-state index in [1.807, 2.05) is 13.8 Å². The second kappa shape index (κ2) is 13.2. The highest BCUT2D eigenvalue weighted by molar-refractivity contribution is 14.0. The third-order valence-corrected chi connectivity index (χ3v) is 4.18. The molecule has 6 heteroatoms.